The zero-order valence-corrected chi connectivity index (χ0v) is 17.3. The first-order valence-electron chi connectivity index (χ1n) is 9.68. The van der Waals surface area contributed by atoms with E-state index >= 15 is 0 Å². The van der Waals surface area contributed by atoms with Gasteiger partial charge in [0.2, 0.25) is 0 Å². The maximum atomic E-state index is 12.7. The summed E-state index contributed by atoms with van der Waals surface area (Å²) < 4.78 is 10.4. The zero-order valence-electron chi connectivity index (χ0n) is 17.3. The largest absolute Gasteiger partial charge is 0.482 e. The molecule has 3 rings (SSSR count). The van der Waals surface area contributed by atoms with Crippen molar-refractivity contribution in [1.29, 1.82) is 0 Å². The summed E-state index contributed by atoms with van der Waals surface area (Å²) in [6.07, 6.45) is -0.194. The van der Waals surface area contributed by atoms with Crippen molar-refractivity contribution in [2.24, 2.45) is 0 Å². The number of pyridine rings is 1. The maximum absolute atomic E-state index is 12.7. The number of anilines is 3. The Morgan fingerprint density at radius 2 is 1.77 bits per heavy atom. The Bertz CT molecular complexity index is 1080. The average Bonchev–Trinajstić information content (AvgIpc) is 2.75. The number of hydrogen-bond donors (Lipinski definition) is 3. The molecule has 5 N–H and O–H groups in total. The second-order valence-corrected chi connectivity index (χ2v) is 7.06. The van der Waals surface area contributed by atoms with Crippen molar-refractivity contribution in [3.63, 3.8) is 0 Å². The van der Waals surface area contributed by atoms with Crippen LogP contribution in [0.4, 0.5) is 17.2 Å². The number of rotatable bonds is 7. The van der Waals surface area contributed by atoms with Gasteiger partial charge in [-0.2, -0.15) is 0 Å². The van der Waals surface area contributed by atoms with E-state index in [0.29, 0.717) is 28.4 Å². The molecule has 1 heterocycles. The van der Waals surface area contributed by atoms with Crippen LogP contribution in [0.25, 0.3) is 11.3 Å². The van der Waals surface area contributed by atoms with Crippen molar-refractivity contribution < 1.29 is 19.1 Å². The van der Waals surface area contributed by atoms with Crippen LogP contribution >= 0.6 is 0 Å². The third-order valence-electron chi connectivity index (χ3n) is 4.21. The molecule has 160 valence electrons. The van der Waals surface area contributed by atoms with Crippen LogP contribution in [-0.4, -0.2) is 29.6 Å². The molecule has 0 fully saturated rings. The number of carbonyl (C=O) groups excluding carboxylic acids is 2. The summed E-state index contributed by atoms with van der Waals surface area (Å²) in [5.41, 5.74) is 14.3. The summed E-state index contributed by atoms with van der Waals surface area (Å²) in [6.45, 7) is 3.36. The summed E-state index contributed by atoms with van der Waals surface area (Å²) in [6, 6.07) is 17.2. The quantitative estimate of drug-likeness (QED) is 0.499. The molecule has 0 saturated carbocycles. The summed E-state index contributed by atoms with van der Waals surface area (Å²) in [5, 5.41) is 2.82. The van der Waals surface area contributed by atoms with Crippen LogP contribution in [0.5, 0.6) is 5.75 Å². The monoisotopic (exact) mass is 420 g/mol. The van der Waals surface area contributed by atoms with Crippen LogP contribution in [0.15, 0.2) is 60.7 Å². The number of nitrogen functional groups attached to an aromatic ring is 2. The number of aromatic nitrogens is 1. The van der Waals surface area contributed by atoms with Crippen LogP contribution in [0.1, 0.15) is 24.2 Å². The highest BCUT2D eigenvalue weighted by atomic mass is 16.6. The first-order valence-corrected chi connectivity index (χ1v) is 9.68. The van der Waals surface area contributed by atoms with Gasteiger partial charge in [0.15, 0.2) is 6.61 Å². The van der Waals surface area contributed by atoms with Crippen molar-refractivity contribution in [3.8, 4) is 17.0 Å². The van der Waals surface area contributed by atoms with Gasteiger partial charge in [0.05, 0.1) is 17.5 Å². The number of amides is 1. The molecule has 8 heteroatoms. The number of ether oxygens (including phenoxy) is 2. The highest BCUT2D eigenvalue weighted by Gasteiger charge is 2.10. The van der Waals surface area contributed by atoms with Crippen LogP contribution in [-0.2, 0) is 9.53 Å². The van der Waals surface area contributed by atoms with Gasteiger partial charge in [0.25, 0.3) is 5.91 Å². The van der Waals surface area contributed by atoms with Crippen molar-refractivity contribution in [3.05, 3.63) is 66.2 Å². The lowest BCUT2D eigenvalue weighted by Gasteiger charge is -2.10. The predicted molar refractivity (Wildman–Crippen MR) is 120 cm³/mol. The third-order valence-corrected chi connectivity index (χ3v) is 4.21. The van der Waals surface area contributed by atoms with Crippen LogP contribution < -0.4 is 21.5 Å². The Morgan fingerprint density at radius 3 is 2.45 bits per heavy atom. The molecule has 0 aliphatic heterocycles. The topological polar surface area (TPSA) is 130 Å². The second-order valence-electron chi connectivity index (χ2n) is 7.06. The summed E-state index contributed by atoms with van der Waals surface area (Å²) in [7, 11) is 0. The smallest absolute Gasteiger partial charge is 0.344 e. The summed E-state index contributed by atoms with van der Waals surface area (Å²) in [5.74, 6) is 0.0175. The Hall–Kier alpha value is -4.07. The molecular weight excluding hydrogens is 396 g/mol. The third kappa shape index (κ3) is 5.96. The highest BCUT2D eigenvalue weighted by Crippen LogP contribution is 2.23. The molecule has 0 spiro atoms. The molecule has 1 amide bonds. The van der Waals surface area contributed by atoms with Gasteiger partial charge in [0.1, 0.15) is 11.6 Å². The maximum Gasteiger partial charge on any atom is 0.344 e. The standard InChI is InChI=1S/C23H24N4O4/c1-14(2)31-21(28)13-30-18-8-6-17(7-9-18)26-23(29)16-5-3-4-15(12-16)20-11-10-19(24)22(25)27-20/h3-12,14H,13,24H2,1-2H3,(H2,25,27)(H,26,29). The minimum Gasteiger partial charge on any atom is -0.482 e. The lowest BCUT2D eigenvalue weighted by molar-refractivity contribution is -0.149. The molecule has 0 aliphatic rings. The summed E-state index contributed by atoms with van der Waals surface area (Å²) >= 11 is 0. The van der Waals surface area contributed by atoms with Crippen molar-refractivity contribution >= 4 is 29.1 Å². The fraction of sp³-hybridized carbons (Fsp3) is 0.174. The van der Waals surface area contributed by atoms with Crippen LogP contribution in [0, 0.1) is 0 Å². The average molecular weight is 420 g/mol. The lowest BCUT2D eigenvalue weighted by Crippen LogP contribution is -2.18. The van der Waals surface area contributed by atoms with Crippen molar-refractivity contribution in [2.75, 3.05) is 23.4 Å². The lowest BCUT2D eigenvalue weighted by atomic mass is 10.1. The Labute approximate surface area is 180 Å². The molecule has 2 aromatic carbocycles. The zero-order chi connectivity index (χ0) is 22.4. The van der Waals surface area contributed by atoms with E-state index < -0.39 is 5.97 Å². The minimum absolute atomic E-state index is 0.180. The second kappa shape index (κ2) is 9.62. The van der Waals surface area contributed by atoms with E-state index in [1.54, 1.807) is 68.4 Å². The number of nitrogens with zero attached hydrogens (tertiary/aromatic N) is 1. The normalized spacial score (nSPS) is 10.5. The van der Waals surface area contributed by atoms with Gasteiger partial charge in [0, 0.05) is 16.8 Å². The van der Waals surface area contributed by atoms with Gasteiger partial charge in [-0.15, -0.1) is 0 Å². The van der Waals surface area contributed by atoms with Crippen LogP contribution in [0.3, 0.4) is 0 Å². The van der Waals surface area contributed by atoms with E-state index in [2.05, 4.69) is 10.3 Å². The molecule has 8 nitrogen and oxygen atoms in total. The molecule has 1 aromatic heterocycles. The summed E-state index contributed by atoms with van der Waals surface area (Å²) in [4.78, 5) is 28.4. The molecule has 0 unspecified atom stereocenters. The van der Waals surface area contributed by atoms with E-state index in [4.69, 9.17) is 20.9 Å². The highest BCUT2D eigenvalue weighted by molar-refractivity contribution is 6.05. The van der Waals surface area contributed by atoms with E-state index in [9.17, 15) is 9.59 Å². The SMILES string of the molecule is CC(C)OC(=O)COc1ccc(NC(=O)c2cccc(-c3ccc(N)c(N)n3)c2)cc1. The molecule has 3 aromatic rings. The molecule has 0 aliphatic carbocycles. The van der Waals surface area contributed by atoms with Crippen LogP contribution in [0.2, 0.25) is 0 Å². The van der Waals surface area contributed by atoms with Crippen molar-refractivity contribution in [2.45, 2.75) is 20.0 Å². The van der Waals surface area contributed by atoms with Gasteiger partial charge in [-0.05, 0) is 62.4 Å². The van der Waals surface area contributed by atoms with Gasteiger partial charge in [-0.3, -0.25) is 4.79 Å². The first kappa shape index (κ1) is 21.6. The van der Waals surface area contributed by atoms with E-state index in [1.807, 2.05) is 6.07 Å². The Balaban J connectivity index is 1.63. The number of carbonyl (C=O) groups is 2. The van der Waals surface area contributed by atoms with E-state index in [0.717, 1.165) is 5.56 Å². The first-order chi connectivity index (χ1) is 14.8. The van der Waals surface area contributed by atoms with Crippen molar-refractivity contribution in [1.82, 2.24) is 4.98 Å². The molecule has 0 saturated heterocycles. The minimum atomic E-state index is -0.440. The number of nitrogens with two attached hydrogens (primary N) is 2. The number of hydrogen-bond acceptors (Lipinski definition) is 7. The van der Waals surface area contributed by atoms with E-state index in [1.165, 1.54) is 0 Å². The van der Waals surface area contributed by atoms with Gasteiger partial charge in [-0.1, -0.05) is 12.1 Å². The number of benzene rings is 2. The Kier molecular flexibility index (Phi) is 6.71. The predicted octanol–water partition coefficient (Wildman–Crippen LogP) is 3.50. The fourth-order valence-electron chi connectivity index (χ4n) is 2.74. The van der Waals surface area contributed by atoms with Gasteiger partial charge >= 0.3 is 5.97 Å². The van der Waals surface area contributed by atoms with Gasteiger partial charge < -0.3 is 26.3 Å². The molecule has 0 bridgehead atoms. The molecule has 0 radical (unpaired) electrons. The molecule has 31 heavy (non-hydrogen) atoms. The molecule has 0 atom stereocenters. The fourth-order valence-corrected chi connectivity index (χ4v) is 2.74. The van der Waals surface area contributed by atoms with Gasteiger partial charge in [-0.25, -0.2) is 9.78 Å². The van der Waals surface area contributed by atoms with E-state index in [-0.39, 0.29) is 24.4 Å². The molecular formula is C23H24N4O4. The Morgan fingerprint density at radius 1 is 1.03 bits per heavy atom. The number of nitrogens with one attached hydrogen (secondary N) is 1. The number of esters is 1.